The quantitative estimate of drug-likeness (QED) is 0.694. The van der Waals surface area contributed by atoms with Crippen molar-refractivity contribution in [2.45, 2.75) is 38.8 Å². The number of nitrogens with one attached hydrogen (secondary N) is 1. The highest BCUT2D eigenvalue weighted by Crippen LogP contribution is 2.31. The van der Waals surface area contributed by atoms with E-state index in [1.165, 1.54) is 17.0 Å². The van der Waals surface area contributed by atoms with Gasteiger partial charge in [0.25, 0.3) is 0 Å². The minimum absolute atomic E-state index is 0.00347. The molecule has 8 nitrogen and oxygen atoms in total. The van der Waals surface area contributed by atoms with E-state index in [4.69, 9.17) is 4.74 Å². The number of benzene rings is 1. The van der Waals surface area contributed by atoms with Crippen molar-refractivity contribution in [2.24, 2.45) is 0 Å². The molecule has 2 amide bonds. The molecule has 9 heteroatoms. The van der Waals surface area contributed by atoms with Gasteiger partial charge in [0.05, 0.1) is 18.3 Å². The van der Waals surface area contributed by atoms with Gasteiger partial charge in [-0.05, 0) is 38.1 Å². The smallest absolute Gasteiger partial charge is 0.248 e. The third-order valence-electron chi connectivity index (χ3n) is 5.07. The maximum absolute atomic E-state index is 13.2. The molecule has 0 unspecified atom stereocenters. The first-order valence-corrected chi connectivity index (χ1v) is 10.2. The SMILES string of the molecule is CNc1cc([C@H]2CC(=O)N(c3ccc(F)cc3)C2)nc(CN(C)C(=O)COC(C)C)n1. The number of aromatic nitrogens is 2. The molecule has 1 N–H and O–H groups in total. The van der Waals surface area contributed by atoms with Crippen molar-refractivity contribution in [3.05, 3.63) is 47.7 Å². The monoisotopic (exact) mass is 429 g/mol. The Kier molecular flexibility index (Phi) is 7.17. The summed E-state index contributed by atoms with van der Waals surface area (Å²) in [6.45, 7) is 4.41. The van der Waals surface area contributed by atoms with Crippen LogP contribution in [0.1, 0.15) is 37.7 Å². The number of carbonyl (C=O) groups is 2. The summed E-state index contributed by atoms with van der Waals surface area (Å²) >= 11 is 0. The number of ether oxygens (including phenoxy) is 1. The molecule has 1 aromatic carbocycles. The maximum atomic E-state index is 13.2. The van der Waals surface area contributed by atoms with Crippen molar-refractivity contribution in [3.8, 4) is 0 Å². The van der Waals surface area contributed by atoms with Gasteiger partial charge >= 0.3 is 0 Å². The topological polar surface area (TPSA) is 87.7 Å². The standard InChI is InChI=1S/C22H28FN5O3/c1-14(2)31-13-22(30)27(4)12-20-25-18(10-19(24-3)26-20)15-9-21(29)28(11-15)17-7-5-16(23)6-8-17/h5-8,10,14-15H,9,11-13H2,1-4H3,(H,24,25,26)/t15-/m0/s1. The van der Waals surface area contributed by atoms with Crippen LogP contribution in [0.3, 0.4) is 0 Å². The molecule has 0 bridgehead atoms. The number of rotatable bonds is 8. The third-order valence-corrected chi connectivity index (χ3v) is 5.07. The Hall–Kier alpha value is -3.07. The number of hydrogen-bond acceptors (Lipinski definition) is 6. The van der Waals surface area contributed by atoms with Gasteiger partial charge < -0.3 is 19.9 Å². The zero-order valence-electron chi connectivity index (χ0n) is 18.3. The van der Waals surface area contributed by atoms with Gasteiger partial charge in [-0.1, -0.05) is 0 Å². The van der Waals surface area contributed by atoms with E-state index in [0.717, 1.165) is 5.69 Å². The lowest BCUT2D eigenvalue weighted by Gasteiger charge is -2.19. The minimum atomic E-state index is -0.344. The van der Waals surface area contributed by atoms with Gasteiger partial charge in [-0.25, -0.2) is 14.4 Å². The number of halogens is 1. The van der Waals surface area contributed by atoms with Crippen LogP contribution < -0.4 is 10.2 Å². The predicted molar refractivity (Wildman–Crippen MR) is 115 cm³/mol. The molecule has 1 aliphatic rings. The molecule has 2 heterocycles. The minimum Gasteiger partial charge on any atom is -0.373 e. The molecule has 1 aliphatic heterocycles. The van der Waals surface area contributed by atoms with Crippen molar-refractivity contribution in [3.63, 3.8) is 0 Å². The number of nitrogens with zero attached hydrogens (tertiary/aromatic N) is 4. The lowest BCUT2D eigenvalue weighted by molar-refractivity contribution is -0.136. The molecule has 1 saturated heterocycles. The average molecular weight is 429 g/mol. The summed E-state index contributed by atoms with van der Waals surface area (Å²) in [4.78, 5) is 37.1. The van der Waals surface area contributed by atoms with E-state index < -0.39 is 0 Å². The number of anilines is 2. The molecule has 1 aromatic heterocycles. The number of carbonyl (C=O) groups excluding carboxylic acids is 2. The largest absolute Gasteiger partial charge is 0.373 e. The fourth-order valence-electron chi connectivity index (χ4n) is 3.35. The third kappa shape index (κ3) is 5.75. The molecule has 1 fully saturated rings. The van der Waals surface area contributed by atoms with Crippen LogP contribution in [0, 0.1) is 5.82 Å². The molecule has 0 aliphatic carbocycles. The Balaban J connectivity index is 1.75. The van der Waals surface area contributed by atoms with Crippen LogP contribution in [-0.4, -0.2) is 60.0 Å². The van der Waals surface area contributed by atoms with E-state index in [1.54, 1.807) is 31.1 Å². The fourth-order valence-corrected chi connectivity index (χ4v) is 3.35. The summed E-state index contributed by atoms with van der Waals surface area (Å²) in [5, 5.41) is 3.01. The molecular weight excluding hydrogens is 401 g/mol. The van der Waals surface area contributed by atoms with Crippen LogP contribution in [0.5, 0.6) is 0 Å². The van der Waals surface area contributed by atoms with E-state index in [-0.39, 0.29) is 42.8 Å². The van der Waals surface area contributed by atoms with Gasteiger partial charge in [-0.3, -0.25) is 9.59 Å². The molecule has 31 heavy (non-hydrogen) atoms. The summed E-state index contributed by atoms with van der Waals surface area (Å²) in [5.74, 6) is 0.426. The molecule has 0 saturated carbocycles. The lowest BCUT2D eigenvalue weighted by atomic mass is 10.0. The first-order valence-electron chi connectivity index (χ1n) is 10.2. The average Bonchev–Trinajstić information content (AvgIpc) is 3.13. The van der Waals surface area contributed by atoms with Gasteiger partial charge in [0.1, 0.15) is 24.1 Å². The summed E-state index contributed by atoms with van der Waals surface area (Å²) in [5.41, 5.74) is 1.39. The zero-order valence-corrected chi connectivity index (χ0v) is 18.3. The number of likely N-dealkylation sites (N-methyl/N-ethyl adjacent to an activating group) is 1. The van der Waals surface area contributed by atoms with E-state index >= 15 is 0 Å². The van der Waals surface area contributed by atoms with E-state index in [2.05, 4.69) is 15.3 Å². The molecule has 2 aromatic rings. The Morgan fingerprint density at radius 3 is 2.68 bits per heavy atom. The van der Waals surface area contributed by atoms with Crippen molar-refractivity contribution in [2.75, 3.05) is 37.5 Å². The van der Waals surface area contributed by atoms with Gasteiger partial charge in [0, 0.05) is 44.7 Å². The molecular formula is C22H28FN5O3. The molecule has 1 atom stereocenters. The second kappa shape index (κ2) is 9.82. The van der Waals surface area contributed by atoms with Crippen LogP contribution in [-0.2, 0) is 20.9 Å². The van der Waals surface area contributed by atoms with Crippen LogP contribution in [0.15, 0.2) is 30.3 Å². The van der Waals surface area contributed by atoms with Gasteiger partial charge in [-0.2, -0.15) is 0 Å². The van der Waals surface area contributed by atoms with Gasteiger partial charge in [-0.15, -0.1) is 0 Å². The summed E-state index contributed by atoms with van der Waals surface area (Å²) in [6, 6.07) is 7.69. The molecule has 0 radical (unpaired) electrons. The molecule has 3 rings (SSSR count). The van der Waals surface area contributed by atoms with Crippen LogP contribution >= 0.6 is 0 Å². The maximum Gasteiger partial charge on any atom is 0.248 e. The Morgan fingerprint density at radius 1 is 1.32 bits per heavy atom. The highest BCUT2D eigenvalue weighted by molar-refractivity contribution is 5.96. The fraction of sp³-hybridized carbons (Fsp3) is 0.455. The van der Waals surface area contributed by atoms with Crippen molar-refractivity contribution in [1.82, 2.24) is 14.9 Å². The van der Waals surface area contributed by atoms with Crippen molar-refractivity contribution in [1.29, 1.82) is 0 Å². The van der Waals surface area contributed by atoms with Gasteiger partial charge in [0.2, 0.25) is 11.8 Å². The van der Waals surface area contributed by atoms with Crippen LogP contribution in [0.2, 0.25) is 0 Å². The Morgan fingerprint density at radius 2 is 2.03 bits per heavy atom. The summed E-state index contributed by atoms with van der Waals surface area (Å²) in [6.07, 6.45) is 0.269. The second-order valence-corrected chi connectivity index (χ2v) is 7.84. The highest BCUT2D eigenvalue weighted by Gasteiger charge is 2.33. The Labute approximate surface area is 181 Å². The van der Waals surface area contributed by atoms with Crippen LogP contribution in [0.4, 0.5) is 15.9 Å². The predicted octanol–water partition coefficient (Wildman–Crippen LogP) is 2.56. The van der Waals surface area contributed by atoms with Crippen molar-refractivity contribution >= 4 is 23.3 Å². The second-order valence-electron chi connectivity index (χ2n) is 7.84. The first kappa shape index (κ1) is 22.6. The summed E-state index contributed by atoms with van der Waals surface area (Å²) in [7, 11) is 3.43. The normalized spacial score (nSPS) is 16.1. The summed E-state index contributed by atoms with van der Waals surface area (Å²) < 4.78 is 18.6. The molecule has 0 spiro atoms. The van der Waals surface area contributed by atoms with Crippen LogP contribution in [0.25, 0.3) is 0 Å². The van der Waals surface area contributed by atoms with Gasteiger partial charge in [0.15, 0.2) is 0 Å². The highest BCUT2D eigenvalue weighted by atomic mass is 19.1. The number of hydrogen-bond donors (Lipinski definition) is 1. The lowest BCUT2D eigenvalue weighted by Crippen LogP contribution is -2.31. The first-order chi connectivity index (χ1) is 14.8. The van der Waals surface area contributed by atoms with E-state index in [0.29, 0.717) is 30.3 Å². The van der Waals surface area contributed by atoms with Crippen molar-refractivity contribution < 1.29 is 18.7 Å². The van der Waals surface area contributed by atoms with E-state index in [1.807, 2.05) is 19.9 Å². The Bertz CT molecular complexity index is 935. The molecule has 166 valence electrons. The van der Waals surface area contributed by atoms with E-state index in [9.17, 15) is 14.0 Å². The number of amides is 2. The zero-order chi connectivity index (χ0) is 22.5.